The fourth-order valence-corrected chi connectivity index (χ4v) is 1.69. The molecule has 1 aliphatic heterocycles. The van der Waals surface area contributed by atoms with Gasteiger partial charge in [-0.15, -0.1) is 0 Å². The zero-order chi connectivity index (χ0) is 13.4. The van der Waals surface area contributed by atoms with Gasteiger partial charge in [0.15, 0.2) is 0 Å². The molecule has 1 heterocycles. The topological polar surface area (TPSA) is 99.0 Å². The number of carboxylic acids is 1. The Kier molecular flexibility index (Phi) is 6.07. The molecule has 0 spiro atoms. The Labute approximate surface area is 105 Å². The van der Waals surface area contributed by atoms with Crippen molar-refractivity contribution >= 4 is 18.1 Å². The van der Waals surface area contributed by atoms with Gasteiger partial charge in [0.1, 0.15) is 0 Å². The van der Waals surface area contributed by atoms with Crippen LogP contribution in [-0.2, 0) is 9.59 Å². The lowest BCUT2D eigenvalue weighted by atomic mass is 10.1. The maximum Gasteiger partial charge on any atom is 0.303 e. The molecule has 0 saturated carbocycles. The summed E-state index contributed by atoms with van der Waals surface area (Å²) in [4.78, 5) is 25.8. The van der Waals surface area contributed by atoms with E-state index in [0.717, 1.165) is 12.0 Å². The number of aliphatic carboxylic acids is 1. The molecule has 1 amide bonds. The molecule has 100 valence electrons. The van der Waals surface area contributed by atoms with Crippen LogP contribution in [0.1, 0.15) is 32.1 Å². The Balaban J connectivity index is 2.24. The zero-order valence-corrected chi connectivity index (χ0v) is 10.1. The van der Waals surface area contributed by atoms with Crippen molar-refractivity contribution in [2.45, 2.75) is 38.1 Å². The summed E-state index contributed by atoms with van der Waals surface area (Å²) in [7, 11) is 0. The molecule has 0 fully saturated rings. The van der Waals surface area contributed by atoms with E-state index in [9.17, 15) is 14.7 Å². The second-order valence-corrected chi connectivity index (χ2v) is 4.22. The summed E-state index contributed by atoms with van der Waals surface area (Å²) >= 11 is 0. The number of carbonyl (C=O) groups is 2. The molecule has 1 unspecified atom stereocenters. The Bertz CT molecular complexity index is 363. The van der Waals surface area contributed by atoms with E-state index in [1.165, 1.54) is 0 Å². The van der Waals surface area contributed by atoms with Gasteiger partial charge in [-0.3, -0.25) is 14.6 Å². The third kappa shape index (κ3) is 5.58. The van der Waals surface area contributed by atoms with Gasteiger partial charge in [-0.2, -0.15) is 0 Å². The predicted molar refractivity (Wildman–Crippen MR) is 66.3 cm³/mol. The smallest absolute Gasteiger partial charge is 0.303 e. The Morgan fingerprint density at radius 2 is 2.22 bits per heavy atom. The van der Waals surface area contributed by atoms with Crippen LogP contribution in [-0.4, -0.2) is 41.0 Å². The van der Waals surface area contributed by atoms with E-state index in [1.807, 2.05) is 0 Å². The number of aliphatic imine (C=N–C) groups is 1. The van der Waals surface area contributed by atoms with Crippen molar-refractivity contribution in [3.05, 3.63) is 11.8 Å². The number of hydrogen-bond acceptors (Lipinski definition) is 4. The van der Waals surface area contributed by atoms with Crippen LogP contribution in [0.25, 0.3) is 0 Å². The molecule has 1 atom stereocenters. The van der Waals surface area contributed by atoms with E-state index < -0.39 is 5.97 Å². The van der Waals surface area contributed by atoms with Crippen LogP contribution in [0.4, 0.5) is 0 Å². The third-order valence-corrected chi connectivity index (χ3v) is 2.60. The first kappa shape index (κ1) is 14.4. The highest BCUT2D eigenvalue weighted by molar-refractivity contribution is 5.77. The fraction of sp³-hybridized carbons (Fsp3) is 0.583. The van der Waals surface area contributed by atoms with Crippen LogP contribution in [0.2, 0.25) is 0 Å². The molecule has 1 rings (SSSR count). The monoisotopic (exact) mass is 254 g/mol. The standard InChI is InChI=1S/C12H18N2O4/c15-8-10(6-9-4-5-13-7-9)14-11(16)2-1-3-12(17)18/h5,7,10,15H,1-4,6,8H2,(H,14,16)(H,17,18). The van der Waals surface area contributed by atoms with Crippen molar-refractivity contribution in [3.63, 3.8) is 0 Å². The molecule has 1 aliphatic rings. The van der Waals surface area contributed by atoms with E-state index >= 15 is 0 Å². The lowest BCUT2D eigenvalue weighted by Crippen LogP contribution is -2.37. The van der Waals surface area contributed by atoms with Crippen molar-refractivity contribution in [3.8, 4) is 0 Å². The van der Waals surface area contributed by atoms with Crippen molar-refractivity contribution in [1.29, 1.82) is 0 Å². The summed E-state index contributed by atoms with van der Waals surface area (Å²) < 4.78 is 0. The Hall–Kier alpha value is -1.69. The summed E-state index contributed by atoms with van der Waals surface area (Å²) in [5.74, 6) is -1.13. The number of nitrogens with one attached hydrogen (secondary N) is 1. The predicted octanol–water partition coefficient (Wildman–Crippen LogP) is 0.467. The van der Waals surface area contributed by atoms with Crippen LogP contribution >= 0.6 is 0 Å². The normalized spacial score (nSPS) is 15.3. The second-order valence-electron chi connectivity index (χ2n) is 4.22. The molecule has 0 bridgehead atoms. The highest BCUT2D eigenvalue weighted by Gasteiger charge is 2.14. The number of carboxylic acid groups (broad SMARTS) is 1. The van der Waals surface area contributed by atoms with Gasteiger partial charge >= 0.3 is 5.97 Å². The number of aliphatic hydroxyl groups excluding tert-OH is 1. The maximum atomic E-state index is 11.5. The van der Waals surface area contributed by atoms with E-state index in [4.69, 9.17) is 5.11 Å². The minimum Gasteiger partial charge on any atom is -0.481 e. The first-order chi connectivity index (χ1) is 8.61. The fourth-order valence-electron chi connectivity index (χ4n) is 1.69. The summed E-state index contributed by atoms with van der Waals surface area (Å²) in [6.45, 7) is -0.137. The Morgan fingerprint density at radius 1 is 1.44 bits per heavy atom. The van der Waals surface area contributed by atoms with Crippen molar-refractivity contribution in [1.82, 2.24) is 5.32 Å². The molecule has 0 saturated heterocycles. The lowest BCUT2D eigenvalue weighted by molar-refractivity contribution is -0.137. The summed E-state index contributed by atoms with van der Waals surface area (Å²) in [5, 5.41) is 20.3. The largest absolute Gasteiger partial charge is 0.481 e. The summed E-state index contributed by atoms with van der Waals surface area (Å²) in [6.07, 6.45) is 5.30. The van der Waals surface area contributed by atoms with Crippen LogP contribution < -0.4 is 5.32 Å². The summed E-state index contributed by atoms with van der Waals surface area (Å²) in [5.41, 5.74) is 1.07. The van der Waals surface area contributed by atoms with Gasteiger partial charge in [0.2, 0.25) is 5.91 Å². The van der Waals surface area contributed by atoms with Crippen molar-refractivity contribution in [2.75, 3.05) is 6.61 Å². The molecular weight excluding hydrogens is 236 g/mol. The molecular formula is C12H18N2O4. The third-order valence-electron chi connectivity index (χ3n) is 2.60. The molecule has 0 aromatic heterocycles. The number of hydrogen-bond donors (Lipinski definition) is 3. The van der Waals surface area contributed by atoms with Gasteiger partial charge < -0.3 is 15.5 Å². The van der Waals surface area contributed by atoms with Gasteiger partial charge in [-0.1, -0.05) is 0 Å². The molecule has 18 heavy (non-hydrogen) atoms. The van der Waals surface area contributed by atoms with Crippen LogP contribution in [0.5, 0.6) is 0 Å². The molecule has 0 aromatic rings. The number of carbonyl (C=O) groups excluding carboxylic acids is 1. The van der Waals surface area contributed by atoms with E-state index in [-0.39, 0.29) is 31.4 Å². The number of nitrogens with zero attached hydrogens (tertiary/aromatic N) is 1. The molecule has 3 N–H and O–H groups in total. The highest BCUT2D eigenvalue weighted by Crippen LogP contribution is 2.13. The molecule has 0 aliphatic carbocycles. The number of rotatable bonds is 8. The average Bonchev–Trinajstić information content (AvgIpc) is 2.80. The van der Waals surface area contributed by atoms with Crippen LogP contribution in [0.3, 0.4) is 0 Å². The zero-order valence-electron chi connectivity index (χ0n) is 10.1. The number of aliphatic hydroxyl groups is 1. The summed E-state index contributed by atoms with van der Waals surface area (Å²) in [6, 6.07) is -0.324. The molecule has 0 aromatic carbocycles. The SMILES string of the molecule is O=C(O)CCCC(=O)NC(CO)CC1=CN=CC1. The van der Waals surface area contributed by atoms with Gasteiger partial charge in [0.05, 0.1) is 12.6 Å². The van der Waals surface area contributed by atoms with Crippen LogP contribution in [0, 0.1) is 0 Å². The number of amides is 1. The quantitative estimate of drug-likeness (QED) is 0.586. The van der Waals surface area contributed by atoms with Gasteiger partial charge in [-0.05, 0) is 18.4 Å². The van der Waals surface area contributed by atoms with Gasteiger partial charge in [0.25, 0.3) is 0 Å². The minimum absolute atomic E-state index is 0.0177. The lowest BCUT2D eigenvalue weighted by Gasteiger charge is -2.16. The Morgan fingerprint density at radius 3 is 2.78 bits per heavy atom. The van der Waals surface area contributed by atoms with Gasteiger partial charge in [-0.25, -0.2) is 0 Å². The highest BCUT2D eigenvalue weighted by atomic mass is 16.4. The molecule has 6 nitrogen and oxygen atoms in total. The van der Waals surface area contributed by atoms with Gasteiger partial charge in [0, 0.05) is 31.7 Å². The maximum absolute atomic E-state index is 11.5. The van der Waals surface area contributed by atoms with Crippen molar-refractivity contribution < 1.29 is 19.8 Å². The van der Waals surface area contributed by atoms with E-state index in [0.29, 0.717) is 12.8 Å². The van der Waals surface area contributed by atoms with Crippen LogP contribution in [0.15, 0.2) is 16.8 Å². The van der Waals surface area contributed by atoms with Crippen molar-refractivity contribution in [2.24, 2.45) is 4.99 Å². The first-order valence-electron chi connectivity index (χ1n) is 5.93. The first-order valence-corrected chi connectivity index (χ1v) is 5.93. The second kappa shape index (κ2) is 7.60. The average molecular weight is 254 g/mol. The van der Waals surface area contributed by atoms with E-state index in [2.05, 4.69) is 10.3 Å². The molecule has 0 radical (unpaired) electrons. The molecule has 6 heteroatoms. The van der Waals surface area contributed by atoms with E-state index in [1.54, 1.807) is 12.4 Å². The minimum atomic E-state index is -0.908.